The van der Waals surface area contributed by atoms with Gasteiger partial charge in [0.05, 0.1) is 6.10 Å². The molecule has 6 heteroatoms. The third-order valence-electron chi connectivity index (χ3n) is 3.31. The van der Waals surface area contributed by atoms with Gasteiger partial charge in [-0.15, -0.1) is 0 Å². The van der Waals surface area contributed by atoms with Gasteiger partial charge in [-0.3, -0.25) is 10.1 Å². The van der Waals surface area contributed by atoms with Gasteiger partial charge < -0.3 is 15.2 Å². The van der Waals surface area contributed by atoms with Crippen LogP contribution in [-0.4, -0.2) is 30.2 Å². The number of aryl methyl sites for hydroxylation is 1. The molecule has 0 aliphatic heterocycles. The number of ether oxygens (including phenoxy) is 1. The average Bonchev–Trinajstić information content (AvgIpc) is 2.79. The van der Waals surface area contributed by atoms with Crippen LogP contribution >= 0.6 is 0 Å². The first-order chi connectivity index (χ1) is 9.51. The summed E-state index contributed by atoms with van der Waals surface area (Å²) in [4.78, 5) is 22.7. The summed E-state index contributed by atoms with van der Waals surface area (Å²) < 4.78 is 5.51. The molecule has 0 saturated heterocycles. The fourth-order valence-electron chi connectivity index (χ4n) is 2.18. The number of carbonyl (C=O) groups is 2. The summed E-state index contributed by atoms with van der Waals surface area (Å²) >= 11 is 0. The Hall–Kier alpha value is -2.08. The predicted octanol–water partition coefficient (Wildman–Crippen LogP) is 0.889. The first-order valence-electron chi connectivity index (χ1n) is 6.51. The SMILES string of the molecule is CNC(=O)NC(=O)C(C)Oc1ccc2c(c1)CC[C@@H]2O. The minimum absolute atomic E-state index is 0.409. The Balaban J connectivity index is 2.00. The van der Waals surface area contributed by atoms with E-state index in [0.717, 1.165) is 17.5 Å². The van der Waals surface area contributed by atoms with Crippen LogP contribution in [0.1, 0.15) is 30.6 Å². The second kappa shape index (κ2) is 5.92. The van der Waals surface area contributed by atoms with Crippen molar-refractivity contribution in [3.05, 3.63) is 29.3 Å². The highest BCUT2D eigenvalue weighted by atomic mass is 16.5. The van der Waals surface area contributed by atoms with Crippen molar-refractivity contribution in [1.29, 1.82) is 0 Å². The molecule has 0 radical (unpaired) electrons. The number of carbonyl (C=O) groups excluding carboxylic acids is 2. The Kier molecular flexibility index (Phi) is 4.24. The maximum atomic E-state index is 11.7. The summed E-state index contributed by atoms with van der Waals surface area (Å²) in [7, 11) is 1.43. The van der Waals surface area contributed by atoms with Crippen LogP contribution in [0, 0.1) is 0 Å². The summed E-state index contributed by atoms with van der Waals surface area (Å²) in [5.41, 5.74) is 1.95. The Bertz CT molecular complexity index is 530. The molecular weight excluding hydrogens is 260 g/mol. The zero-order valence-electron chi connectivity index (χ0n) is 11.5. The number of fused-ring (bicyclic) bond motifs is 1. The fourth-order valence-corrected chi connectivity index (χ4v) is 2.18. The van der Waals surface area contributed by atoms with Crippen LogP contribution in [0.15, 0.2) is 18.2 Å². The minimum Gasteiger partial charge on any atom is -0.481 e. The van der Waals surface area contributed by atoms with Crippen LogP contribution in [0.4, 0.5) is 4.79 Å². The highest BCUT2D eigenvalue weighted by molar-refractivity contribution is 5.96. The van der Waals surface area contributed by atoms with E-state index in [0.29, 0.717) is 12.2 Å². The predicted molar refractivity (Wildman–Crippen MR) is 72.4 cm³/mol. The van der Waals surface area contributed by atoms with E-state index >= 15 is 0 Å². The molecular formula is C14H18N2O4. The number of rotatable bonds is 3. The van der Waals surface area contributed by atoms with E-state index in [2.05, 4.69) is 10.6 Å². The Morgan fingerprint density at radius 1 is 1.45 bits per heavy atom. The van der Waals surface area contributed by atoms with Crippen LogP contribution < -0.4 is 15.4 Å². The van der Waals surface area contributed by atoms with Crippen molar-refractivity contribution >= 4 is 11.9 Å². The maximum absolute atomic E-state index is 11.7. The van der Waals surface area contributed by atoms with E-state index < -0.39 is 24.1 Å². The topological polar surface area (TPSA) is 87.7 Å². The van der Waals surface area contributed by atoms with E-state index in [-0.39, 0.29) is 0 Å². The van der Waals surface area contributed by atoms with Gasteiger partial charge in [-0.1, -0.05) is 6.07 Å². The number of benzene rings is 1. The fraction of sp³-hybridized carbons (Fsp3) is 0.429. The summed E-state index contributed by atoms with van der Waals surface area (Å²) in [5.74, 6) is 0.0438. The highest BCUT2D eigenvalue weighted by Gasteiger charge is 2.22. The molecule has 2 rings (SSSR count). The van der Waals surface area contributed by atoms with Gasteiger partial charge in [0.2, 0.25) is 0 Å². The number of amides is 3. The Labute approximate surface area is 117 Å². The smallest absolute Gasteiger partial charge is 0.321 e. The lowest BCUT2D eigenvalue weighted by Crippen LogP contribution is -2.43. The molecule has 1 aromatic rings. The molecule has 0 fully saturated rings. The highest BCUT2D eigenvalue weighted by Crippen LogP contribution is 2.33. The summed E-state index contributed by atoms with van der Waals surface area (Å²) in [5, 5.41) is 14.2. The molecule has 6 nitrogen and oxygen atoms in total. The van der Waals surface area contributed by atoms with Crippen molar-refractivity contribution in [1.82, 2.24) is 10.6 Å². The lowest BCUT2D eigenvalue weighted by molar-refractivity contribution is -0.126. The molecule has 0 spiro atoms. The lowest BCUT2D eigenvalue weighted by atomic mass is 10.1. The van der Waals surface area contributed by atoms with Crippen LogP contribution in [0.2, 0.25) is 0 Å². The van der Waals surface area contributed by atoms with E-state index in [1.807, 2.05) is 12.1 Å². The molecule has 0 saturated carbocycles. The van der Waals surface area contributed by atoms with E-state index in [1.54, 1.807) is 13.0 Å². The van der Waals surface area contributed by atoms with Gasteiger partial charge in [-0.25, -0.2) is 4.79 Å². The van der Waals surface area contributed by atoms with E-state index in [4.69, 9.17) is 4.74 Å². The first kappa shape index (κ1) is 14.3. The number of aliphatic hydroxyl groups is 1. The largest absolute Gasteiger partial charge is 0.481 e. The van der Waals surface area contributed by atoms with Crippen molar-refractivity contribution in [3.63, 3.8) is 0 Å². The zero-order chi connectivity index (χ0) is 14.7. The maximum Gasteiger partial charge on any atom is 0.321 e. The van der Waals surface area contributed by atoms with Crippen LogP contribution in [0.3, 0.4) is 0 Å². The van der Waals surface area contributed by atoms with Crippen LogP contribution in [-0.2, 0) is 11.2 Å². The molecule has 0 bridgehead atoms. The van der Waals surface area contributed by atoms with Crippen molar-refractivity contribution in [2.75, 3.05) is 7.05 Å². The third kappa shape index (κ3) is 3.08. The van der Waals surface area contributed by atoms with Crippen molar-refractivity contribution in [3.8, 4) is 5.75 Å². The molecule has 1 aliphatic carbocycles. The number of aliphatic hydroxyl groups excluding tert-OH is 1. The third-order valence-corrected chi connectivity index (χ3v) is 3.31. The van der Waals surface area contributed by atoms with Crippen LogP contribution in [0.5, 0.6) is 5.75 Å². The van der Waals surface area contributed by atoms with Gasteiger partial charge in [-0.2, -0.15) is 0 Å². The van der Waals surface area contributed by atoms with E-state index in [1.165, 1.54) is 7.05 Å². The van der Waals surface area contributed by atoms with Crippen molar-refractivity contribution < 1.29 is 19.4 Å². The molecule has 3 N–H and O–H groups in total. The number of hydrogen-bond acceptors (Lipinski definition) is 4. The molecule has 0 aromatic heterocycles. The zero-order valence-corrected chi connectivity index (χ0v) is 11.5. The number of hydrogen-bond donors (Lipinski definition) is 3. The van der Waals surface area contributed by atoms with Crippen molar-refractivity contribution in [2.24, 2.45) is 0 Å². The van der Waals surface area contributed by atoms with E-state index in [9.17, 15) is 14.7 Å². The van der Waals surface area contributed by atoms with Gasteiger partial charge in [0.15, 0.2) is 6.10 Å². The minimum atomic E-state index is -0.781. The number of nitrogens with one attached hydrogen (secondary N) is 2. The monoisotopic (exact) mass is 278 g/mol. The standard InChI is InChI=1S/C14H18N2O4/c1-8(13(18)16-14(19)15-2)20-10-4-5-11-9(7-10)3-6-12(11)17/h4-5,7-8,12,17H,3,6H2,1-2H3,(H2,15,16,18,19)/t8?,12-/m0/s1. The number of imide groups is 1. The van der Waals surface area contributed by atoms with Crippen molar-refractivity contribution in [2.45, 2.75) is 32.0 Å². The normalized spacial score (nSPS) is 18.1. The summed E-state index contributed by atoms with van der Waals surface area (Å²) in [6.07, 6.45) is 0.322. The van der Waals surface area contributed by atoms with Gasteiger partial charge in [-0.05, 0) is 43.0 Å². The Morgan fingerprint density at radius 3 is 2.90 bits per heavy atom. The second-order valence-electron chi connectivity index (χ2n) is 4.74. The summed E-state index contributed by atoms with van der Waals surface area (Å²) in [6, 6.07) is 4.79. The second-order valence-corrected chi connectivity index (χ2v) is 4.74. The molecule has 108 valence electrons. The average molecular weight is 278 g/mol. The van der Waals surface area contributed by atoms with Gasteiger partial charge in [0.25, 0.3) is 5.91 Å². The molecule has 3 amide bonds. The lowest BCUT2D eigenvalue weighted by Gasteiger charge is -2.15. The molecule has 2 atom stereocenters. The Morgan fingerprint density at radius 2 is 2.20 bits per heavy atom. The molecule has 1 aromatic carbocycles. The molecule has 20 heavy (non-hydrogen) atoms. The summed E-state index contributed by atoms with van der Waals surface area (Å²) in [6.45, 7) is 1.57. The molecule has 0 heterocycles. The number of urea groups is 1. The van der Waals surface area contributed by atoms with Gasteiger partial charge in [0.1, 0.15) is 5.75 Å². The first-order valence-corrected chi connectivity index (χ1v) is 6.51. The van der Waals surface area contributed by atoms with Gasteiger partial charge in [0, 0.05) is 7.05 Å². The van der Waals surface area contributed by atoms with Crippen LogP contribution in [0.25, 0.3) is 0 Å². The molecule has 1 aliphatic rings. The molecule has 1 unspecified atom stereocenters. The van der Waals surface area contributed by atoms with Gasteiger partial charge >= 0.3 is 6.03 Å². The quantitative estimate of drug-likeness (QED) is 0.766.